The van der Waals surface area contributed by atoms with Gasteiger partial charge in [-0.3, -0.25) is 4.79 Å². The number of aryl methyl sites for hydroxylation is 1. The second-order valence-corrected chi connectivity index (χ2v) is 5.53. The molecule has 3 N–H and O–H groups in total. The van der Waals surface area contributed by atoms with E-state index >= 15 is 0 Å². The molecule has 21 heavy (non-hydrogen) atoms. The molecular formula is C15H15NO4S. The molecule has 0 aliphatic rings. The number of phenols is 1. The van der Waals surface area contributed by atoms with Crippen LogP contribution in [-0.4, -0.2) is 22.1 Å². The third kappa shape index (κ3) is 3.61. The van der Waals surface area contributed by atoms with Crippen LogP contribution in [-0.2, 0) is 13.0 Å². The van der Waals surface area contributed by atoms with Crippen LogP contribution in [0, 0.1) is 0 Å². The van der Waals surface area contributed by atoms with Gasteiger partial charge in [0.05, 0.1) is 4.88 Å². The Morgan fingerprint density at radius 2 is 2.05 bits per heavy atom. The van der Waals surface area contributed by atoms with Gasteiger partial charge in [0.1, 0.15) is 10.6 Å². The van der Waals surface area contributed by atoms with Crippen molar-refractivity contribution in [3.63, 3.8) is 0 Å². The Hall–Kier alpha value is -2.34. The highest BCUT2D eigenvalue weighted by Crippen LogP contribution is 2.23. The van der Waals surface area contributed by atoms with Crippen LogP contribution in [0.2, 0.25) is 0 Å². The van der Waals surface area contributed by atoms with Crippen molar-refractivity contribution in [2.75, 3.05) is 0 Å². The number of rotatable bonds is 5. The van der Waals surface area contributed by atoms with E-state index in [1.807, 2.05) is 6.92 Å². The van der Waals surface area contributed by atoms with Crippen LogP contribution < -0.4 is 5.32 Å². The quantitative estimate of drug-likeness (QED) is 0.792. The highest BCUT2D eigenvalue weighted by Gasteiger charge is 2.17. The van der Waals surface area contributed by atoms with Crippen LogP contribution in [0.5, 0.6) is 5.75 Å². The van der Waals surface area contributed by atoms with E-state index in [1.165, 1.54) is 0 Å². The monoisotopic (exact) mass is 305 g/mol. The molecule has 0 saturated carbocycles. The van der Waals surface area contributed by atoms with Crippen LogP contribution in [0.3, 0.4) is 0 Å². The van der Waals surface area contributed by atoms with Crippen molar-refractivity contribution in [3.8, 4) is 5.75 Å². The van der Waals surface area contributed by atoms with E-state index in [4.69, 9.17) is 5.11 Å². The molecule has 0 aliphatic carbocycles. The van der Waals surface area contributed by atoms with Crippen molar-refractivity contribution in [2.24, 2.45) is 0 Å². The summed E-state index contributed by atoms with van der Waals surface area (Å²) in [4.78, 5) is 23.7. The predicted octanol–water partition coefficient (Wildman–Crippen LogP) is 2.64. The number of amides is 1. The van der Waals surface area contributed by atoms with Crippen LogP contribution in [0.25, 0.3) is 0 Å². The second kappa shape index (κ2) is 6.41. The summed E-state index contributed by atoms with van der Waals surface area (Å²) in [5.41, 5.74) is 1.43. The van der Waals surface area contributed by atoms with Crippen molar-refractivity contribution >= 4 is 23.2 Å². The Kier molecular flexibility index (Phi) is 4.59. The van der Waals surface area contributed by atoms with E-state index < -0.39 is 5.97 Å². The number of aromatic carboxylic acids is 1. The predicted molar refractivity (Wildman–Crippen MR) is 79.9 cm³/mol. The Labute approximate surface area is 125 Å². The molecule has 0 unspecified atom stereocenters. The van der Waals surface area contributed by atoms with Crippen molar-refractivity contribution in [3.05, 3.63) is 51.2 Å². The lowest BCUT2D eigenvalue weighted by atomic mass is 10.2. The first-order chi connectivity index (χ1) is 10.0. The fraction of sp³-hybridized carbons (Fsp3) is 0.200. The molecule has 0 radical (unpaired) electrons. The number of thiophene rings is 1. The number of nitrogens with one attached hydrogen (secondary N) is 1. The Morgan fingerprint density at radius 3 is 2.62 bits per heavy atom. The number of hydrogen-bond acceptors (Lipinski definition) is 4. The zero-order valence-electron chi connectivity index (χ0n) is 11.4. The van der Waals surface area contributed by atoms with Crippen LogP contribution in [0.4, 0.5) is 0 Å². The van der Waals surface area contributed by atoms with Crippen LogP contribution >= 0.6 is 11.3 Å². The molecule has 5 nitrogen and oxygen atoms in total. The minimum Gasteiger partial charge on any atom is -0.508 e. The van der Waals surface area contributed by atoms with E-state index in [1.54, 1.807) is 30.3 Å². The number of aromatic hydroxyl groups is 1. The summed E-state index contributed by atoms with van der Waals surface area (Å²) < 4.78 is 0. The second-order valence-electron chi connectivity index (χ2n) is 4.48. The molecule has 2 aromatic rings. The number of hydrogen-bond donors (Lipinski definition) is 3. The molecule has 1 aromatic heterocycles. The lowest BCUT2D eigenvalue weighted by molar-refractivity contribution is 0.0701. The van der Waals surface area contributed by atoms with Gasteiger partial charge in [-0.2, -0.15) is 0 Å². The van der Waals surface area contributed by atoms with Crippen LogP contribution in [0.15, 0.2) is 30.3 Å². The smallest absolute Gasteiger partial charge is 0.346 e. The fourth-order valence-corrected chi connectivity index (χ4v) is 2.93. The summed E-state index contributed by atoms with van der Waals surface area (Å²) in [6.45, 7) is 2.12. The molecule has 110 valence electrons. The summed E-state index contributed by atoms with van der Waals surface area (Å²) in [5, 5.41) is 21.1. The molecule has 1 heterocycles. The number of benzene rings is 1. The summed E-state index contributed by atoms with van der Waals surface area (Å²) in [7, 11) is 0. The van der Waals surface area contributed by atoms with Gasteiger partial charge in [-0.05, 0) is 35.7 Å². The topological polar surface area (TPSA) is 86.6 Å². The first-order valence-corrected chi connectivity index (χ1v) is 7.25. The molecule has 0 fully saturated rings. The summed E-state index contributed by atoms with van der Waals surface area (Å²) >= 11 is 0.978. The van der Waals surface area contributed by atoms with Crippen molar-refractivity contribution in [1.29, 1.82) is 0 Å². The standard InChI is InChI=1S/C15H15NO4S/c1-2-10-7-12(21-13(10)15(19)20)14(18)16-8-9-4-3-5-11(17)6-9/h3-7,17H,2,8H2,1H3,(H,16,18)(H,19,20). The lowest BCUT2D eigenvalue weighted by Crippen LogP contribution is -2.21. The zero-order valence-corrected chi connectivity index (χ0v) is 12.2. The minimum atomic E-state index is -1.01. The van der Waals surface area contributed by atoms with Crippen molar-refractivity contribution in [1.82, 2.24) is 5.32 Å². The van der Waals surface area contributed by atoms with E-state index in [2.05, 4.69) is 5.32 Å². The van der Waals surface area contributed by atoms with E-state index in [-0.39, 0.29) is 23.1 Å². The largest absolute Gasteiger partial charge is 0.508 e. The number of carboxylic acids is 1. The lowest BCUT2D eigenvalue weighted by Gasteiger charge is -2.04. The molecule has 1 amide bonds. The van der Waals surface area contributed by atoms with Gasteiger partial charge in [0, 0.05) is 6.54 Å². The Balaban J connectivity index is 2.08. The zero-order chi connectivity index (χ0) is 15.4. The van der Waals surface area contributed by atoms with Gasteiger partial charge in [0.2, 0.25) is 0 Å². The normalized spacial score (nSPS) is 10.3. The average molecular weight is 305 g/mol. The first-order valence-electron chi connectivity index (χ1n) is 6.43. The number of phenolic OH excluding ortho intramolecular Hbond substituents is 1. The Bertz CT molecular complexity index is 678. The number of carboxylic acid groups (broad SMARTS) is 1. The minimum absolute atomic E-state index is 0.138. The maximum atomic E-state index is 12.1. The van der Waals surface area contributed by atoms with Gasteiger partial charge in [-0.15, -0.1) is 11.3 Å². The molecule has 6 heteroatoms. The number of carbonyl (C=O) groups is 2. The third-order valence-electron chi connectivity index (χ3n) is 2.97. The first kappa shape index (κ1) is 15.1. The van der Waals surface area contributed by atoms with Gasteiger partial charge >= 0.3 is 5.97 Å². The van der Waals surface area contributed by atoms with E-state index in [0.717, 1.165) is 16.9 Å². The van der Waals surface area contributed by atoms with Gasteiger partial charge in [0.15, 0.2) is 0 Å². The molecular weight excluding hydrogens is 290 g/mol. The molecule has 0 bridgehead atoms. The van der Waals surface area contributed by atoms with Crippen molar-refractivity contribution in [2.45, 2.75) is 19.9 Å². The molecule has 0 aliphatic heterocycles. The van der Waals surface area contributed by atoms with Gasteiger partial charge in [-0.1, -0.05) is 19.1 Å². The van der Waals surface area contributed by atoms with E-state index in [0.29, 0.717) is 16.9 Å². The van der Waals surface area contributed by atoms with Gasteiger partial charge in [-0.25, -0.2) is 4.79 Å². The summed E-state index contributed by atoms with van der Waals surface area (Å²) in [6, 6.07) is 8.21. The summed E-state index contributed by atoms with van der Waals surface area (Å²) in [5.74, 6) is -1.19. The average Bonchev–Trinajstić information content (AvgIpc) is 2.89. The Morgan fingerprint density at radius 1 is 1.29 bits per heavy atom. The van der Waals surface area contributed by atoms with Crippen LogP contribution in [0.1, 0.15) is 37.4 Å². The van der Waals surface area contributed by atoms with Gasteiger partial charge < -0.3 is 15.5 Å². The number of carbonyl (C=O) groups excluding carboxylic acids is 1. The summed E-state index contributed by atoms with van der Waals surface area (Å²) in [6.07, 6.45) is 0.567. The molecule has 0 spiro atoms. The maximum absolute atomic E-state index is 12.1. The maximum Gasteiger partial charge on any atom is 0.346 e. The van der Waals surface area contributed by atoms with Gasteiger partial charge in [0.25, 0.3) is 5.91 Å². The molecule has 1 aromatic carbocycles. The molecule has 0 atom stereocenters. The molecule has 2 rings (SSSR count). The van der Waals surface area contributed by atoms with E-state index in [9.17, 15) is 14.7 Å². The fourth-order valence-electron chi connectivity index (χ4n) is 1.92. The molecule has 0 saturated heterocycles. The SMILES string of the molecule is CCc1cc(C(=O)NCc2cccc(O)c2)sc1C(=O)O. The highest BCUT2D eigenvalue weighted by molar-refractivity contribution is 7.16. The third-order valence-corrected chi connectivity index (χ3v) is 4.14. The highest BCUT2D eigenvalue weighted by atomic mass is 32.1. The van der Waals surface area contributed by atoms with Crippen molar-refractivity contribution < 1.29 is 19.8 Å².